The van der Waals surface area contributed by atoms with Gasteiger partial charge in [-0.2, -0.15) is 0 Å². The summed E-state index contributed by atoms with van der Waals surface area (Å²) < 4.78 is 6.22. The van der Waals surface area contributed by atoms with Gasteiger partial charge >= 0.3 is 0 Å². The third-order valence-electron chi connectivity index (χ3n) is 4.01. The molecule has 1 aromatic heterocycles. The van der Waals surface area contributed by atoms with E-state index in [2.05, 4.69) is 57.9 Å². The van der Waals surface area contributed by atoms with Crippen LogP contribution in [0.25, 0.3) is 0 Å². The Labute approximate surface area is 145 Å². The molecule has 0 radical (unpaired) electrons. The van der Waals surface area contributed by atoms with Crippen molar-refractivity contribution in [1.29, 1.82) is 0 Å². The second-order valence-electron chi connectivity index (χ2n) is 6.59. The van der Waals surface area contributed by atoms with Gasteiger partial charge in [0.15, 0.2) is 0 Å². The van der Waals surface area contributed by atoms with E-state index in [0.29, 0.717) is 0 Å². The topological polar surface area (TPSA) is 36.9 Å². The Morgan fingerprint density at radius 3 is 2.25 bits per heavy atom. The van der Waals surface area contributed by atoms with Crippen LogP contribution in [0.5, 0.6) is 0 Å². The van der Waals surface area contributed by atoms with Crippen molar-refractivity contribution in [2.45, 2.75) is 65.5 Å². The standard InChI is InChI=1S/C16H29NOS.HI/c1-6-16(17,7-2)10-11-18-14(15(3,4)5)13-9-8-12-19-13;/h8-9,12,14H,6-7,10-11,17H2,1-5H3;1H. The van der Waals surface area contributed by atoms with Crippen LogP contribution in [0.3, 0.4) is 0 Å². The monoisotopic (exact) mass is 411 g/mol. The molecule has 0 fully saturated rings. The summed E-state index contributed by atoms with van der Waals surface area (Å²) in [5, 5.41) is 2.13. The van der Waals surface area contributed by atoms with Crippen LogP contribution < -0.4 is 29.7 Å². The summed E-state index contributed by atoms with van der Waals surface area (Å²) in [6, 6.07) is 4.28. The minimum atomic E-state index is 0. The molecule has 20 heavy (non-hydrogen) atoms. The smallest absolute Gasteiger partial charge is 0.0964 e. The van der Waals surface area contributed by atoms with Crippen LogP contribution in [0.2, 0.25) is 0 Å². The molecule has 0 bridgehead atoms. The first kappa shape index (κ1) is 20.3. The maximum Gasteiger partial charge on any atom is 0.0964 e. The molecule has 0 saturated carbocycles. The van der Waals surface area contributed by atoms with Crippen LogP contribution in [-0.2, 0) is 4.74 Å². The zero-order valence-corrected chi connectivity index (χ0v) is 16.5. The molecule has 2 nitrogen and oxygen atoms in total. The third kappa shape index (κ3) is 6.00. The highest BCUT2D eigenvalue weighted by Gasteiger charge is 2.30. The molecular weight excluding hydrogens is 381 g/mol. The number of thiophene rings is 1. The van der Waals surface area contributed by atoms with E-state index in [9.17, 15) is 0 Å². The highest BCUT2D eigenvalue weighted by molar-refractivity contribution is 7.10. The Balaban J connectivity index is 0.00000361. The molecule has 0 aromatic carbocycles. The van der Waals surface area contributed by atoms with E-state index in [0.717, 1.165) is 25.9 Å². The van der Waals surface area contributed by atoms with E-state index in [1.165, 1.54) is 4.88 Å². The van der Waals surface area contributed by atoms with Crippen molar-refractivity contribution in [1.82, 2.24) is 0 Å². The number of ether oxygens (including phenoxy) is 1. The lowest BCUT2D eigenvalue weighted by atomic mass is 9.87. The molecule has 3 N–H and O–H groups in total. The minimum Gasteiger partial charge on any atom is -1.00 e. The first-order valence-electron chi connectivity index (χ1n) is 7.33. The van der Waals surface area contributed by atoms with Crippen LogP contribution in [0.1, 0.15) is 64.9 Å². The van der Waals surface area contributed by atoms with Crippen molar-refractivity contribution < 1.29 is 34.4 Å². The van der Waals surface area contributed by atoms with Crippen molar-refractivity contribution >= 4 is 11.3 Å². The third-order valence-corrected chi connectivity index (χ3v) is 4.92. The Hall–Kier alpha value is 0.350. The van der Waals surface area contributed by atoms with Crippen molar-refractivity contribution in [2.24, 2.45) is 5.41 Å². The first-order chi connectivity index (χ1) is 8.82. The summed E-state index contributed by atoms with van der Waals surface area (Å²) in [7, 11) is 0. The largest absolute Gasteiger partial charge is 1.00 e. The quantitative estimate of drug-likeness (QED) is 0.670. The SMILES string of the molecule is CCC([NH3+])(CC)CCOC(c1cccs1)C(C)(C)C.[I-]. The zero-order valence-electron chi connectivity index (χ0n) is 13.5. The Kier molecular flexibility index (Phi) is 8.86. The van der Waals surface area contributed by atoms with Crippen LogP contribution in [-0.4, -0.2) is 12.1 Å². The average Bonchev–Trinajstić information content (AvgIpc) is 2.86. The van der Waals surface area contributed by atoms with Gasteiger partial charge in [0.1, 0.15) is 0 Å². The predicted octanol–water partition coefficient (Wildman–Crippen LogP) is 1.05. The van der Waals surface area contributed by atoms with E-state index in [4.69, 9.17) is 4.74 Å². The molecule has 1 atom stereocenters. The van der Waals surface area contributed by atoms with Gasteiger partial charge in [-0.1, -0.05) is 40.7 Å². The van der Waals surface area contributed by atoms with E-state index in [1.807, 2.05) is 0 Å². The number of quaternary nitrogens is 1. The Morgan fingerprint density at radius 2 is 1.85 bits per heavy atom. The molecule has 118 valence electrons. The molecule has 1 aromatic rings. The van der Waals surface area contributed by atoms with Gasteiger partial charge in [0.25, 0.3) is 0 Å². The van der Waals surface area contributed by atoms with Gasteiger partial charge < -0.3 is 34.4 Å². The van der Waals surface area contributed by atoms with Crippen molar-refractivity contribution in [3.63, 3.8) is 0 Å². The Bertz CT molecular complexity index is 355. The van der Waals surface area contributed by atoms with E-state index in [1.54, 1.807) is 11.3 Å². The van der Waals surface area contributed by atoms with Crippen LogP contribution in [0.15, 0.2) is 17.5 Å². The molecule has 0 aliphatic carbocycles. The summed E-state index contributed by atoms with van der Waals surface area (Å²) in [4.78, 5) is 1.33. The molecule has 1 rings (SSSR count). The van der Waals surface area contributed by atoms with Crippen molar-refractivity contribution in [2.75, 3.05) is 6.61 Å². The van der Waals surface area contributed by atoms with Gasteiger partial charge in [0.2, 0.25) is 0 Å². The van der Waals surface area contributed by atoms with E-state index >= 15 is 0 Å². The number of halogens is 1. The summed E-state index contributed by atoms with van der Waals surface area (Å²) in [6.45, 7) is 12.0. The van der Waals surface area contributed by atoms with Gasteiger partial charge in [-0.25, -0.2) is 0 Å². The average molecular weight is 411 g/mol. The summed E-state index contributed by atoms with van der Waals surface area (Å²) in [5.74, 6) is 0. The molecule has 0 spiro atoms. The number of hydrogen-bond donors (Lipinski definition) is 1. The molecule has 0 amide bonds. The van der Waals surface area contributed by atoms with E-state index in [-0.39, 0.29) is 41.0 Å². The molecule has 4 heteroatoms. The number of hydrogen-bond acceptors (Lipinski definition) is 2. The highest BCUT2D eigenvalue weighted by Crippen LogP contribution is 2.38. The molecule has 0 aliphatic rings. The van der Waals surface area contributed by atoms with Gasteiger partial charge in [-0.15, -0.1) is 11.3 Å². The van der Waals surface area contributed by atoms with Crippen LogP contribution >= 0.6 is 11.3 Å². The van der Waals surface area contributed by atoms with Gasteiger partial charge in [-0.3, -0.25) is 0 Å². The van der Waals surface area contributed by atoms with Crippen molar-refractivity contribution in [3.8, 4) is 0 Å². The summed E-state index contributed by atoms with van der Waals surface area (Å²) in [5.41, 5.74) is 4.66. The first-order valence-corrected chi connectivity index (χ1v) is 8.20. The lowest BCUT2D eigenvalue weighted by Crippen LogP contribution is -3.00. The van der Waals surface area contributed by atoms with Gasteiger partial charge in [-0.05, 0) is 29.7 Å². The van der Waals surface area contributed by atoms with Crippen LogP contribution in [0, 0.1) is 5.41 Å². The fourth-order valence-corrected chi connectivity index (χ4v) is 3.21. The molecular formula is C16H30INOS. The summed E-state index contributed by atoms with van der Waals surface area (Å²) in [6.07, 6.45) is 3.46. The lowest BCUT2D eigenvalue weighted by molar-refractivity contribution is -0.482. The van der Waals surface area contributed by atoms with Crippen molar-refractivity contribution in [3.05, 3.63) is 22.4 Å². The maximum atomic E-state index is 6.22. The molecule has 1 heterocycles. The lowest BCUT2D eigenvalue weighted by Gasteiger charge is -2.31. The molecule has 1 unspecified atom stereocenters. The predicted molar refractivity (Wildman–Crippen MR) is 83.3 cm³/mol. The molecule has 0 aliphatic heterocycles. The minimum absolute atomic E-state index is 0. The maximum absolute atomic E-state index is 6.22. The zero-order chi connectivity index (χ0) is 14.5. The fourth-order valence-electron chi connectivity index (χ4n) is 2.20. The van der Waals surface area contributed by atoms with Crippen LogP contribution in [0.4, 0.5) is 0 Å². The highest BCUT2D eigenvalue weighted by atomic mass is 127. The second kappa shape index (κ2) is 8.71. The van der Waals surface area contributed by atoms with Gasteiger partial charge in [0, 0.05) is 11.3 Å². The summed E-state index contributed by atoms with van der Waals surface area (Å²) >= 11 is 1.79. The normalized spacial score (nSPS) is 13.9. The second-order valence-corrected chi connectivity index (χ2v) is 7.57. The van der Waals surface area contributed by atoms with E-state index < -0.39 is 0 Å². The molecule has 0 saturated heterocycles. The van der Waals surface area contributed by atoms with Gasteiger partial charge in [0.05, 0.1) is 18.2 Å². The number of rotatable bonds is 7. The Morgan fingerprint density at radius 1 is 1.25 bits per heavy atom. The fraction of sp³-hybridized carbons (Fsp3) is 0.750.